The van der Waals surface area contributed by atoms with Crippen molar-refractivity contribution in [3.8, 4) is 16.9 Å². The first-order valence-corrected chi connectivity index (χ1v) is 7.60. The first-order valence-electron chi connectivity index (χ1n) is 7.60. The number of nitro groups is 1. The normalized spacial score (nSPS) is 9.48. The largest absolute Gasteiger partial charge is 0.419 e. The van der Waals surface area contributed by atoms with Gasteiger partial charge >= 0.3 is 11.7 Å². The molecule has 0 atom stereocenters. The zero-order valence-corrected chi connectivity index (χ0v) is 13.7. The molecule has 3 rings (SSSR count). The van der Waals surface area contributed by atoms with Crippen LogP contribution in [0.3, 0.4) is 0 Å². The molecular weight excluding hydrogens is 318 g/mol. The van der Waals surface area contributed by atoms with Crippen molar-refractivity contribution in [2.24, 2.45) is 0 Å². The fraction of sp³-hybridized carbons (Fsp3) is 0.0500. The molecule has 0 saturated heterocycles. The third-order valence-corrected chi connectivity index (χ3v) is 3.20. The fourth-order valence-electron chi connectivity index (χ4n) is 2.11. The summed E-state index contributed by atoms with van der Waals surface area (Å²) in [6.07, 6.45) is 0. The van der Waals surface area contributed by atoms with Crippen LogP contribution < -0.4 is 4.74 Å². The SMILES string of the molecule is CC(=O)Oc1ccccc1[N+](=O)[O-].c1ccc(-c2ccccc2)cc1. The van der Waals surface area contributed by atoms with Crippen LogP contribution in [0.25, 0.3) is 11.1 Å². The molecular formula is C20H17NO4. The average Bonchev–Trinajstić information content (AvgIpc) is 2.63. The molecule has 126 valence electrons. The highest BCUT2D eigenvalue weighted by Gasteiger charge is 2.14. The predicted molar refractivity (Wildman–Crippen MR) is 96.3 cm³/mol. The van der Waals surface area contributed by atoms with E-state index in [2.05, 4.69) is 53.3 Å². The van der Waals surface area contributed by atoms with E-state index < -0.39 is 10.9 Å². The molecule has 0 aliphatic rings. The molecule has 0 radical (unpaired) electrons. The van der Waals surface area contributed by atoms with E-state index in [-0.39, 0.29) is 11.4 Å². The van der Waals surface area contributed by atoms with Gasteiger partial charge in [-0.05, 0) is 17.2 Å². The maximum Gasteiger partial charge on any atom is 0.311 e. The summed E-state index contributed by atoms with van der Waals surface area (Å²) in [4.78, 5) is 20.4. The smallest absolute Gasteiger partial charge is 0.311 e. The molecule has 3 aromatic carbocycles. The third kappa shape index (κ3) is 5.58. The fourth-order valence-corrected chi connectivity index (χ4v) is 2.11. The van der Waals surface area contributed by atoms with E-state index in [9.17, 15) is 14.9 Å². The number of rotatable bonds is 3. The Morgan fingerprint density at radius 3 is 1.68 bits per heavy atom. The van der Waals surface area contributed by atoms with Crippen molar-refractivity contribution >= 4 is 11.7 Å². The van der Waals surface area contributed by atoms with Crippen molar-refractivity contribution in [1.29, 1.82) is 0 Å². The van der Waals surface area contributed by atoms with Crippen molar-refractivity contribution in [1.82, 2.24) is 0 Å². The Kier molecular flexibility index (Phi) is 6.42. The first-order chi connectivity index (χ1) is 12.1. The number of nitrogens with zero attached hydrogens (tertiary/aromatic N) is 1. The standard InChI is InChI=1S/C12H10.C8H7NO4/c1-3-7-11(8-4-1)12-9-5-2-6-10-12;1-6(10)13-8-5-3-2-4-7(8)9(11)12/h1-10H;2-5H,1H3. The lowest BCUT2D eigenvalue weighted by atomic mass is 10.1. The molecule has 3 aromatic rings. The van der Waals surface area contributed by atoms with Crippen LogP contribution in [0.4, 0.5) is 5.69 Å². The van der Waals surface area contributed by atoms with Gasteiger partial charge in [0.2, 0.25) is 5.75 Å². The molecule has 0 aromatic heterocycles. The molecule has 0 heterocycles. The van der Waals surface area contributed by atoms with Gasteiger partial charge in [-0.2, -0.15) is 0 Å². The van der Waals surface area contributed by atoms with Crippen LogP contribution >= 0.6 is 0 Å². The van der Waals surface area contributed by atoms with Gasteiger partial charge in [-0.1, -0.05) is 72.8 Å². The molecule has 0 aliphatic heterocycles. The molecule has 5 nitrogen and oxygen atoms in total. The Labute approximate surface area is 145 Å². The molecule has 0 unspecified atom stereocenters. The summed E-state index contributed by atoms with van der Waals surface area (Å²) in [6.45, 7) is 1.19. The number of ether oxygens (including phenoxy) is 1. The number of hydrogen-bond donors (Lipinski definition) is 0. The van der Waals surface area contributed by atoms with Crippen LogP contribution in [0.1, 0.15) is 6.92 Å². The van der Waals surface area contributed by atoms with Crippen molar-refractivity contribution in [3.05, 3.63) is 95.0 Å². The lowest BCUT2D eigenvalue weighted by Crippen LogP contribution is -2.03. The molecule has 0 amide bonds. The minimum Gasteiger partial charge on any atom is -0.419 e. The lowest BCUT2D eigenvalue weighted by molar-refractivity contribution is -0.385. The summed E-state index contributed by atoms with van der Waals surface area (Å²) >= 11 is 0. The molecule has 25 heavy (non-hydrogen) atoms. The van der Waals surface area contributed by atoms with Gasteiger partial charge in [-0.15, -0.1) is 0 Å². The molecule has 5 heteroatoms. The Bertz CT molecular complexity index is 795. The van der Waals surface area contributed by atoms with E-state index >= 15 is 0 Å². The predicted octanol–water partition coefficient (Wildman–Crippen LogP) is 4.87. The number of carbonyl (C=O) groups excluding carboxylic acids is 1. The zero-order valence-electron chi connectivity index (χ0n) is 13.7. The van der Waals surface area contributed by atoms with E-state index in [1.165, 1.54) is 36.2 Å². The van der Waals surface area contributed by atoms with E-state index in [0.717, 1.165) is 0 Å². The van der Waals surface area contributed by atoms with Gasteiger partial charge in [-0.3, -0.25) is 14.9 Å². The highest BCUT2D eigenvalue weighted by molar-refractivity contribution is 5.71. The van der Waals surface area contributed by atoms with Crippen molar-refractivity contribution in [3.63, 3.8) is 0 Å². The van der Waals surface area contributed by atoms with Gasteiger partial charge in [0, 0.05) is 13.0 Å². The van der Waals surface area contributed by atoms with Crippen molar-refractivity contribution < 1.29 is 14.5 Å². The number of benzene rings is 3. The van der Waals surface area contributed by atoms with Crippen LogP contribution in [0, 0.1) is 10.1 Å². The van der Waals surface area contributed by atoms with Crippen molar-refractivity contribution in [2.75, 3.05) is 0 Å². The van der Waals surface area contributed by atoms with Gasteiger partial charge in [0.05, 0.1) is 4.92 Å². The summed E-state index contributed by atoms with van der Waals surface area (Å²) < 4.78 is 4.63. The number of nitro benzene ring substituents is 1. The molecule has 0 spiro atoms. The Morgan fingerprint density at radius 1 is 0.800 bits per heavy atom. The number of hydrogen-bond acceptors (Lipinski definition) is 4. The quantitative estimate of drug-likeness (QED) is 0.296. The van der Waals surface area contributed by atoms with Crippen LogP contribution in [0.5, 0.6) is 5.75 Å². The second-order valence-electron chi connectivity index (χ2n) is 5.05. The van der Waals surface area contributed by atoms with Crippen LogP contribution in [-0.2, 0) is 4.79 Å². The number of carbonyl (C=O) groups is 1. The molecule has 0 aliphatic carbocycles. The summed E-state index contributed by atoms with van der Waals surface area (Å²) in [5, 5.41) is 10.4. The lowest BCUT2D eigenvalue weighted by Gasteiger charge is -2.00. The monoisotopic (exact) mass is 335 g/mol. The third-order valence-electron chi connectivity index (χ3n) is 3.20. The van der Waals surface area contributed by atoms with Crippen molar-refractivity contribution in [2.45, 2.75) is 6.92 Å². The Morgan fingerprint density at radius 2 is 1.24 bits per heavy atom. The van der Waals surface area contributed by atoms with E-state index in [0.29, 0.717) is 0 Å². The molecule has 0 fully saturated rings. The molecule has 0 saturated carbocycles. The minimum atomic E-state index is -0.599. The molecule has 0 N–H and O–H groups in total. The van der Waals surface area contributed by atoms with Gasteiger partial charge in [0.25, 0.3) is 0 Å². The van der Waals surface area contributed by atoms with E-state index in [1.54, 1.807) is 6.07 Å². The Balaban J connectivity index is 0.000000181. The first kappa shape index (κ1) is 17.9. The summed E-state index contributed by atoms with van der Waals surface area (Å²) in [6, 6.07) is 26.5. The highest BCUT2D eigenvalue weighted by atomic mass is 16.6. The van der Waals surface area contributed by atoms with Gasteiger partial charge in [0.1, 0.15) is 0 Å². The highest BCUT2D eigenvalue weighted by Crippen LogP contribution is 2.25. The second-order valence-corrected chi connectivity index (χ2v) is 5.05. The van der Waals surface area contributed by atoms with Crippen LogP contribution in [-0.4, -0.2) is 10.9 Å². The topological polar surface area (TPSA) is 69.4 Å². The van der Waals surface area contributed by atoms with Crippen LogP contribution in [0.2, 0.25) is 0 Å². The minimum absolute atomic E-state index is 0.0278. The zero-order chi connectivity index (χ0) is 18.1. The maximum atomic E-state index is 10.5. The summed E-state index contributed by atoms with van der Waals surface area (Å²) in [5.74, 6) is -0.602. The molecule has 0 bridgehead atoms. The van der Waals surface area contributed by atoms with Gasteiger partial charge < -0.3 is 4.74 Å². The second kappa shape index (κ2) is 8.98. The van der Waals surface area contributed by atoms with E-state index in [4.69, 9.17) is 0 Å². The number of esters is 1. The average molecular weight is 335 g/mol. The maximum absolute atomic E-state index is 10.5. The van der Waals surface area contributed by atoms with Gasteiger partial charge in [-0.25, -0.2) is 0 Å². The van der Waals surface area contributed by atoms with Crippen LogP contribution in [0.15, 0.2) is 84.9 Å². The summed E-state index contributed by atoms with van der Waals surface area (Å²) in [7, 11) is 0. The Hall–Kier alpha value is -3.47. The van der Waals surface area contributed by atoms with Gasteiger partial charge in [0.15, 0.2) is 0 Å². The number of para-hydroxylation sites is 2. The summed E-state index contributed by atoms with van der Waals surface area (Å²) in [5.41, 5.74) is 2.34. The van der Waals surface area contributed by atoms with E-state index in [1.807, 2.05) is 12.1 Å².